The van der Waals surface area contributed by atoms with Crippen molar-refractivity contribution in [1.82, 2.24) is 9.97 Å². The van der Waals surface area contributed by atoms with Gasteiger partial charge < -0.3 is 9.80 Å². The van der Waals surface area contributed by atoms with Crippen LogP contribution in [0.2, 0.25) is 5.02 Å². The SMILES string of the molecule is Clc1cccc(CBr)c1N1CCN(c2ncccn2)CC1. The maximum Gasteiger partial charge on any atom is 0.225 e. The molecule has 3 rings (SSSR count). The fraction of sp³-hybridized carbons (Fsp3) is 0.333. The zero-order valence-corrected chi connectivity index (χ0v) is 13.9. The Morgan fingerprint density at radius 2 is 1.67 bits per heavy atom. The molecule has 6 heteroatoms. The standard InChI is InChI=1S/C15H16BrClN4/c16-11-12-3-1-4-13(17)14(12)20-7-9-21(10-8-20)15-18-5-2-6-19-15/h1-6H,7-11H2. The summed E-state index contributed by atoms with van der Waals surface area (Å²) in [5, 5.41) is 1.63. The summed E-state index contributed by atoms with van der Waals surface area (Å²) in [4.78, 5) is 13.2. The summed E-state index contributed by atoms with van der Waals surface area (Å²) in [5.41, 5.74) is 2.37. The van der Waals surface area contributed by atoms with Crippen LogP contribution < -0.4 is 9.80 Å². The van der Waals surface area contributed by atoms with Gasteiger partial charge in [0.2, 0.25) is 5.95 Å². The molecule has 110 valence electrons. The molecule has 1 aliphatic rings. The normalized spacial score (nSPS) is 15.3. The molecule has 1 aromatic heterocycles. The number of benzene rings is 1. The van der Waals surface area contributed by atoms with Gasteiger partial charge in [0.05, 0.1) is 10.7 Å². The Hall–Kier alpha value is -1.33. The Morgan fingerprint density at radius 1 is 1.00 bits per heavy atom. The van der Waals surface area contributed by atoms with E-state index in [1.165, 1.54) is 5.56 Å². The maximum atomic E-state index is 6.39. The highest BCUT2D eigenvalue weighted by Crippen LogP contribution is 2.32. The number of nitrogens with zero attached hydrogens (tertiary/aromatic N) is 4. The maximum absolute atomic E-state index is 6.39. The number of rotatable bonds is 3. The van der Waals surface area contributed by atoms with Crippen LogP contribution in [0.5, 0.6) is 0 Å². The first-order valence-corrected chi connectivity index (χ1v) is 8.40. The van der Waals surface area contributed by atoms with Gasteiger partial charge in [-0.2, -0.15) is 0 Å². The minimum Gasteiger partial charge on any atom is -0.367 e. The topological polar surface area (TPSA) is 32.3 Å². The minimum absolute atomic E-state index is 0.803. The number of halogens is 2. The molecule has 0 saturated carbocycles. The van der Waals surface area contributed by atoms with Crippen LogP contribution in [0.25, 0.3) is 0 Å². The number of aromatic nitrogens is 2. The van der Waals surface area contributed by atoms with E-state index in [-0.39, 0.29) is 0 Å². The van der Waals surface area contributed by atoms with E-state index in [4.69, 9.17) is 11.6 Å². The molecule has 2 aromatic rings. The molecule has 0 bridgehead atoms. The predicted octanol–water partition coefficient (Wildman–Crippen LogP) is 3.35. The van der Waals surface area contributed by atoms with Gasteiger partial charge in [-0.05, 0) is 17.7 Å². The predicted molar refractivity (Wildman–Crippen MR) is 90.5 cm³/mol. The molecule has 1 aliphatic heterocycles. The van der Waals surface area contributed by atoms with E-state index in [1.54, 1.807) is 12.4 Å². The van der Waals surface area contributed by atoms with Gasteiger partial charge in [0.1, 0.15) is 0 Å². The van der Waals surface area contributed by atoms with Crippen LogP contribution in [0, 0.1) is 0 Å². The summed E-state index contributed by atoms with van der Waals surface area (Å²) in [7, 11) is 0. The second kappa shape index (κ2) is 6.62. The highest BCUT2D eigenvalue weighted by Gasteiger charge is 2.22. The summed E-state index contributed by atoms with van der Waals surface area (Å²) in [6.07, 6.45) is 3.57. The molecule has 0 N–H and O–H groups in total. The summed E-state index contributed by atoms with van der Waals surface area (Å²) >= 11 is 9.94. The molecule has 4 nitrogen and oxygen atoms in total. The molecule has 0 aliphatic carbocycles. The number of piperazine rings is 1. The molecule has 0 amide bonds. The molecule has 21 heavy (non-hydrogen) atoms. The Morgan fingerprint density at radius 3 is 2.33 bits per heavy atom. The zero-order chi connectivity index (χ0) is 14.7. The Balaban J connectivity index is 1.75. The molecule has 1 aromatic carbocycles. The van der Waals surface area contributed by atoms with E-state index in [9.17, 15) is 0 Å². The molecular weight excluding hydrogens is 352 g/mol. The smallest absolute Gasteiger partial charge is 0.225 e. The van der Waals surface area contributed by atoms with E-state index < -0.39 is 0 Å². The van der Waals surface area contributed by atoms with Crippen molar-refractivity contribution in [2.24, 2.45) is 0 Å². The van der Waals surface area contributed by atoms with Crippen LogP contribution in [0.3, 0.4) is 0 Å². The molecule has 1 fully saturated rings. The summed E-state index contributed by atoms with van der Waals surface area (Å²) in [6, 6.07) is 7.90. The number of anilines is 2. The fourth-order valence-corrected chi connectivity index (χ4v) is 3.37. The number of para-hydroxylation sites is 1. The van der Waals surface area contributed by atoms with Crippen LogP contribution in [0.4, 0.5) is 11.6 Å². The van der Waals surface area contributed by atoms with Crippen molar-refractivity contribution >= 4 is 39.2 Å². The molecule has 0 radical (unpaired) electrons. The van der Waals surface area contributed by atoms with E-state index in [0.717, 1.165) is 48.2 Å². The second-order valence-electron chi connectivity index (χ2n) is 4.90. The van der Waals surface area contributed by atoms with Crippen LogP contribution in [0.1, 0.15) is 5.56 Å². The van der Waals surface area contributed by atoms with Gasteiger partial charge >= 0.3 is 0 Å². The van der Waals surface area contributed by atoms with Crippen molar-refractivity contribution in [3.05, 3.63) is 47.2 Å². The lowest BCUT2D eigenvalue weighted by molar-refractivity contribution is 0.639. The average Bonchev–Trinajstić information content (AvgIpc) is 2.55. The zero-order valence-electron chi connectivity index (χ0n) is 11.5. The Labute approximate surface area is 137 Å². The van der Waals surface area contributed by atoms with Crippen molar-refractivity contribution in [1.29, 1.82) is 0 Å². The molecular formula is C15H16BrClN4. The highest BCUT2D eigenvalue weighted by molar-refractivity contribution is 9.08. The summed E-state index contributed by atoms with van der Waals surface area (Å²) < 4.78 is 0. The van der Waals surface area contributed by atoms with E-state index >= 15 is 0 Å². The van der Waals surface area contributed by atoms with Gasteiger partial charge in [-0.1, -0.05) is 39.7 Å². The van der Waals surface area contributed by atoms with Crippen LogP contribution in [-0.4, -0.2) is 36.1 Å². The number of hydrogen-bond donors (Lipinski definition) is 0. The van der Waals surface area contributed by atoms with Crippen molar-refractivity contribution in [3.8, 4) is 0 Å². The quantitative estimate of drug-likeness (QED) is 0.779. The average molecular weight is 368 g/mol. The van der Waals surface area contributed by atoms with Gasteiger partial charge in [0.25, 0.3) is 0 Å². The lowest BCUT2D eigenvalue weighted by Gasteiger charge is -2.37. The Bertz CT molecular complexity index is 600. The van der Waals surface area contributed by atoms with Gasteiger partial charge in [0, 0.05) is 43.9 Å². The first-order valence-electron chi connectivity index (χ1n) is 6.90. The minimum atomic E-state index is 0.803. The number of alkyl halides is 1. The number of hydrogen-bond acceptors (Lipinski definition) is 4. The largest absolute Gasteiger partial charge is 0.367 e. The Kier molecular flexibility index (Phi) is 4.60. The lowest BCUT2D eigenvalue weighted by atomic mass is 10.1. The molecule has 1 saturated heterocycles. The first-order chi connectivity index (χ1) is 10.3. The van der Waals surface area contributed by atoms with Crippen LogP contribution in [0.15, 0.2) is 36.7 Å². The first kappa shape index (κ1) is 14.6. The van der Waals surface area contributed by atoms with Crippen LogP contribution in [-0.2, 0) is 5.33 Å². The highest BCUT2D eigenvalue weighted by atomic mass is 79.9. The third-order valence-corrected chi connectivity index (χ3v) is 4.55. The van der Waals surface area contributed by atoms with Crippen molar-refractivity contribution < 1.29 is 0 Å². The van der Waals surface area contributed by atoms with E-state index in [2.05, 4.69) is 41.8 Å². The fourth-order valence-electron chi connectivity index (χ4n) is 2.61. The van der Waals surface area contributed by atoms with Gasteiger partial charge in [0.15, 0.2) is 0 Å². The molecule has 0 atom stereocenters. The van der Waals surface area contributed by atoms with Crippen molar-refractivity contribution in [2.45, 2.75) is 5.33 Å². The molecule has 0 spiro atoms. The van der Waals surface area contributed by atoms with E-state index in [1.807, 2.05) is 18.2 Å². The third kappa shape index (κ3) is 3.14. The van der Waals surface area contributed by atoms with Crippen molar-refractivity contribution in [3.63, 3.8) is 0 Å². The van der Waals surface area contributed by atoms with Gasteiger partial charge in [-0.3, -0.25) is 0 Å². The van der Waals surface area contributed by atoms with Crippen LogP contribution >= 0.6 is 27.5 Å². The van der Waals surface area contributed by atoms with E-state index in [0.29, 0.717) is 0 Å². The van der Waals surface area contributed by atoms with Gasteiger partial charge in [-0.25, -0.2) is 9.97 Å². The molecule has 0 unspecified atom stereocenters. The molecule has 2 heterocycles. The lowest BCUT2D eigenvalue weighted by Crippen LogP contribution is -2.47. The monoisotopic (exact) mass is 366 g/mol. The summed E-state index contributed by atoms with van der Waals surface area (Å²) in [5.74, 6) is 0.803. The van der Waals surface area contributed by atoms with Crippen molar-refractivity contribution in [2.75, 3.05) is 36.0 Å². The second-order valence-corrected chi connectivity index (χ2v) is 5.87. The van der Waals surface area contributed by atoms with Gasteiger partial charge in [-0.15, -0.1) is 0 Å². The third-order valence-electron chi connectivity index (χ3n) is 3.65. The summed E-state index contributed by atoms with van der Waals surface area (Å²) in [6.45, 7) is 3.64.